The van der Waals surface area contributed by atoms with Gasteiger partial charge in [0.1, 0.15) is 5.82 Å². The molecular weight excluding hydrogens is 265 g/mol. The third kappa shape index (κ3) is 3.33. The summed E-state index contributed by atoms with van der Waals surface area (Å²) in [6.07, 6.45) is 1.39. The summed E-state index contributed by atoms with van der Waals surface area (Å²) in [4.78, 5) is 10.7. The first-order valence-corrected chi connectivity index (χ1v) is 6.52. The second kappa shape index (κ2) is 6.30. The molecular formula is C14H18FNO4. The van der Waals surface area contributed by atoms with Crippen molar-refractivity contribution in [2.24, 2.45) is 0 Å². The number of carboxylic acids is 1. The normalized spacial score (nSPS) is 17.9. The minimum Gasteiger partial charge on any atom is -0.478 e. The molecule has 1 heterocycles. The molecule has 1 fully saturated rings. The van der Waals surface area contributed by atoms with E-state index in [9.17, 15) is 14.3 Å². The molecule has 0 aromatic heterocycles. The van der Waals surface area contributed by atoms with Gasteiger partial charge in [0.15, 0.2) is 0 Å². The molecule has 3 N–H and O–H groups in total. The number of aliphatic hydroxyl groups excluding tert-OH is 1. The van der Waals surface area contributed by atoms with Crippen LogP contribution in [0.2, 0.25) is 0 Å². The average Bonchev–Trinajstić information content (AvgIpc) is 2.46. The third-order valence-electron chi connectivity index (χ3n) is 3.68. The van der Waals surface area contributed by atoms with Crippen molar-refractivity contribution >= 4 is 5.97 Å². The molecule has 0 amide bonds. The molecule has 0 unspecified atom stereocenters. The van der Waals surface area contributed by atoms with Crippen LogP contribution in [0.25, 0.3) is 0 Å². The first kappa shape index (κ1) is 14.9. The molecule has 20 heavy (non-hydrogen) atoms. The van der Waals surface area contributed by atoms with Gasteiger partial charge in [-0.3, -0.25) is 0 Å². The van der Waals surface area contributed by atoms with E-state index in [0.29, 0.717) is 38.2 Å². The summed E-state index contributed by atoms with van der Waals surface area (Å²) in [6.45, 7) is 1.53. The fraction of sp³-hybridized carbons (Fsp3) is 0.500. The number of ether oxygens (including phenoxy) is 1. The lowest BCUT2D eigenvalue weighted by atomic mass is 9.90. The number of aliphatic hydroxyl groups is 1. The first-order valence-electron chi connectivity index (χ1n) is 6.52. The number of hydrogen-bond acceptors (Lipinski definition) is 4. The van der Waals surface area contributed by atoms with Crippen molar-refractivity contribution < 1.29 is 24.1 Å². The van der Waals surface area contributed by atoms with Crippen LogP contribution in [0.1, 0.15) is 28.8 Å². The number of rotatable bonds is 5. The molecule has 0 saturated carbocycles. The number of benzene rings is 1. The third-order valence-corrected chi connectivity index (χ3v) is 3.68. The topological polar surface area (TPSA) is 78.8 Å². The van der Waals surface area contributed by atoms with Crippen LogP contribution in [0.3, 0.4) is 0 Å². The van der Waals surface area contributed by atoms with Gasteiger partial charge >= 0.3 is 5.97 Å². The van der Waals surface area contributed by atoms with E-state index < -0.39 is 17.3 Å². The fourth-order valence-corrected chi connectivity index (χ4v) is 2.28. The summed E-state index contributed by atoms with van der Waals surface area (Å²) in [5.41, 5.74) is -0.0938. The first-order chi connectivity index (χ1) is 9.56. The number of halogens is 1. The van der Waals surface area contributed by atoms with Crippen LogP contribution in [0.4, 0.5) is 4.39 Å². The molecule has 0 bridgehead atoms. The van der Waals surface area contributed by atoms with Gasteiger partial charge in [0.25, 0.3) is 0 Å². The van der Waals surface area contributed by atoms with Gasteiger partial charge in [-0.1, -0.05) is 6.07 Å². The predicted molar refractivity (Wildman–Crippen MR) is 70.1 cm³/mol. The van der Waals surface area contributed by atoms with E-state index in [0.717, 1.165) is 0 Å². The van der Waals surface area contributed by atoms with E-state index in [1.165, 1.54) is 12.1 Å². The predicted octanol–water partition coefficient (Wildman–Crippen LogP) is 1.15. The zero-order valence-electron chi connectivity index (χ0n) is 11.1. The van der Waals surface area contributed by atoms with Crippen molar-refractivity contribution in [3.8, 4) is 0 Å². The SMILES string of the molecule is O=C(O)c1ccc(CNC2(CO)CCOCC2)cc1F. The van der Waals surface area contributed by atoms with E-state index in [1.807, 2.05) is 0 Å². The average molecular weight is 283 g/mol. The largest absolute Gasteiger partial charge is 0.478 e. The van der Waals surface area contributed by atoms with Gasteiger partial charge in [-0.25, -0.2) is 9.18 Å². The zero-order chi connectivity index (χ0) is 14.6. The Morgan fingerprint density at radius 3 is 2.65 bits per heavy atom. The van der Waals surface area contributed by atoms with Gasteiger partial charge in [-0.05, 0) is 30.5 Å². The number of hydrogen-bond donors (Lipinski definition) is 3. The maximum atomic E-state index is 13.6. The number of carbonyl (C=O) groups is 1. The summed E-state index contributed by atoms with van der Waals surface area (Å²) in [5.74, 6) is -2.03. The van der Waals surface area contributed by atoms with Crippen molar-refractivity contribution in [1.82, 2.24) is 5.32 Å². The maximum absolute atomic E-state index is 13.6. The smallest absolute Gasteiger partial charge is 0.338 e. The van der Waals surface area contributed by atoms with Gasteiger partial charge in [0.2, 0.25) is 0 Å². The van der Waals surface area contributed by atoms with Crippen LogP contribution in [0.5, 0.6) is 0 Å². The number of nitrogens with one attached hydrogen (secondary N) is 1. The van der Waals surface area contributed by atoms with Crippen LogP contribution in [-0.4, -0.2) is 41.5 Å². The van der Waals surface area contributed by atoms with Gasteiger partial charge in [-0.15, -0.1) is 0 Å². The minimum absolute atomic E-state index is 0.00789. The maximum Gasteiger partial charge on any atom is 0.338 e. The highest BCUT2D eigenvalue weighted by Gasteiger charge is 2.31. The zero-order valence-corrected chi connectivity index (χ0v) is 11.1. The van der Waals surface area contributed by atoms with E-state index in [-0.39, 0.29) is 12.2 Å². The van der Waals surface area contributed by atoms with Crippen LogP contribution in [0.15, 0.2) is 18.2 Å². The Balaban J connectivity index is 2.03. The van der Waals surface area contributed by atoms with Crippen LogP contribution in [0, 0.1) is 5.82 Å². The van der Waals surface area contributed by atoms with Crippen molar-refractivity contribution in [2.75, 3.05) is 19.8 Å². The Hall–Kier alpha value is -1.50. The molecule has 1 aromatic rings. The quantitative estimate of drug-likeness (QED) is 0.755. The second-order valence-corrected chi connectivity index (χ2v) is 5.02. The highest BCUT2D eigenvalue weighted by atomic mass is 19.1. The number of aromatic carboxylic acids is 1. The Bertz CT molecular complexity index is 486. The molecule has 6 heteroatoms. The Kier molecular flexibility index (Phi) is 4.69. The molecule has 1 aromatic carbocycles. The van der Waals surface area contributed by atoms with Gasteiger partial charge in [0, 0.05) is 25.3 Å². The lowest BCUT2D eigenvalue weighted by Crippen LogP contribution is -2.51. The van der Waals surface area contributed by atoms with Crippen molar-refractivity contribution in [2.45, 2.75) is 24.9 Å². The van der Waals surface area contributed by atoms with Crippen molar-refractivity contribution in [1.29, 1.82) is 0 Å². The van der Waals surface area contributed by atoms with Crippen LogP contribution < -0.4 is 5.32 Å². The molecule has 0 atom stereocenters. The molecule has 1 aliphatic rings. The standard InChI is InChI=1S/C14H18FNO4/c15-12-7-10(1-2-11(12)13(18)19)8-16-14(9-17)3-5-20-6-4-14/h1-2,7,16-17H,3-6,8-9H2,(H,18,19). The molecule has 1 aliphatic heterocycles. The van der Waals surface area contributed by atoms with Crippen LogP contribution in [-0.2, 0) is 11.3 Å². The van der Waals surface area contributed by atoms with Crippen molar-refractivity contribution in [3.63, 3.8) is 0 Å². The molecule has 0 spiro atoms. The number of carboxylic acid groups (broad SMARTS) is 1. The van der Waals surface area contributed by atoms with Crippen molar-refractivity contribution in [3.05, 3.63) is 35.1 Å². The molecule has 1 saturated heterocycles. The lowest BCUT2D eigenvalue weighted by Gasteiger charge is -2.36. The molecule has 0 radical (unpaired) electrons. The minimum atomic E-state index is -1.28. The monoisotopic (exact) mass is 283 g/mol. The van der Waals surface area contributed by atoms with Gasteiger partial charge < -0.3 is 20.3 Å². The van der Waals surface area contributed by atoms with E-state index >= 15 is 0 Å². The van der Waals surface area contributed by atoms with Crippen LogP contribution >= 0.6 is 0 Å². The van der Waals surface area contributed by atoms with E-state index in [1.54, 1.807) is 6.07 Å². The molecule has 5 nitrogen and oxygen atoms in total. The lowest BCUT2D eigenvalue weighted by molar-refractivity contribution is 0.0111. The highest BCUT2D eigenvalue weighted by molar-refractivity contribution is 5.87. The summed E-state index contributed by atoms with van der Waals surface area (Å²) in [7, 11) is 0. The summed E-state index contributed by atoms with van der Waals surface area (Å²) in [6, 6.07) is 4.04. The summed E-state index contributed by atoms with van der Waals surface area (Å²) in [5, 5.41) is 21.5. The highest BCUT2D eigenvalue weighted by Crippen LogP contribution is 2.21. The molecule has 0 aliphatic carbocycles. The van der Waals surface area contributed by atoms with E-state index in [4.69, 9.17) is 9.84 Å². The Labute approximate surface area is 116 Å². The summed E-state index contributed by atoms with van der Waals surface area (Å²) < 4.78 is 18.8. The van der Waals surface area contributed by atoms with Gasteiger partial charge in [-0.2, -0.15) is 0 Å². The second-order valence-electron chi connectivity index (χ2n) is 5.02. The molecule has 2 rings (SSSR count). The Morgan fingerprint density at radius 2 is 2.10 bits per heavy atom. The summed E-state index contributed by atoms with van der Waals surface area (Å²) >= 11 is 0. The van der Waals surface area contributed by atoms with Gasteiger partial charge in [0.05, 0.1) is 12.2 Å². The molecule has 110 valence electrons. The Morgan fingerprint density at radius 1 is 1.40 bits per heavy atom. The fourth-order valence-electron chi connectivity index (χ4n) is 2.28. The van der Waals surface area contributed by atoms with E-state index in [2.05, 4.69) is 5.32 Å².